The number of nitrogens with zero attached hydrogens (tertiary/aromatic N) is 2. The van der Waals surface area contributed by atoms with Crippen LogP contribution in [0.3, 0.4) is 0 Å². The number of nitrogen functional groups attached to an aromatic ring is 1. The Labute approximate surface area is 97.0 Å². The Morgan fingerprint density at radius 3 is 2.59 bits per heavy atom. The molecule has 1 aromatic heterocycles. The lowest BCUT2D eigenvalue weighted by Gasteiger charge is -2.22. The molecule has 1 fully saturated rings. The van der Waals surface area contributed by atoms with Crippen LogP contribution in [0.2, 0.25) is 0 Å². The van der Waals surface area contributed by atoms with Gasteiger partial charge in [-0.1, -0.05) is 0 Å². The van der Waals surface area contributed by atoms with Crippen LogP contribution < -0.4 is 11.1 Å². The first-order valence-corrected chi connectivity index (χ1v) is 5.58. The van der Waals surface area contributed by atoms with Crippen molar-refractivity contribution in [3.63, 3.8) is 0 Å². The lowest BCUT2D eigenvalue weighted by atomic mass is 9.98. The Morgan fingerprint density at radius 2 is 2.06 bits per heavy atom. The predicted molar refractivity (Wildman–Crippen MR) is 57.2 cm³/mol. The molecule has 7 heteroatoms. The summed E-state index contributed by atoms with van der Waals surface area (Å²) in [6, 6.07) is 0.890. The highest BCUT2D eigenvalue weighted by Gasteiger charge is 2.34. The summed E-state index contributed by atoms with van der Waals surface area (Å²) in [6.07, 6.45) is -2.53. The fraction of sp³-hybridized carbons (Fsp3) is 0.700. The average Bonchev–Trinajstić information content (AvgIpc) is 2.62. The maximum atomic E-state index is 12.4. The van der Waals surface area contributed by atoms with Crippen LogP contribution in [-0.2, 0) is 12.7 Å². The summed E-state index contributed by atoms with van der Waals surface area (Å²) >= 11 is 0. The Hall–Kier alpha value is -1.24. The van der Waals surface area contributed by atoms with Crippen molar-refractivity contribution < 1.29 is 13.2 Å². The molecule has 0 radical (unpaired) electrons. The Kier molecular flexibility index (Phi) is 3.28. The van der Waals surface area contributed by atoms with Crippen molar-refractivity contribution in [1.82, 2.24) is 15.1 Å². The molecule has 96 valence electrons. The van der Waals surface area contributed by atoms with Gasteiger partial charge in [-0.05, 0) is 31.8 Å². The average molecular weight is 248 g/mol. The van der Waals surface area contributed by atoms with E-state index in [0.717, 1.165) is 32.0 Å². The standard InChI is InChI=1S/C10H15F3N4/c11-10(12,13)8-5-9(14)17(16-8)6-7-1-3-15-4-2-7/h5,7,15H,1-4,6,14H2. The molecule has 0 bridgehead atoms. The van der Waals surface area contributed by atoms with Crippen molar-refractivity contribution in [2.45, 2.75) is 25.6 Å². The molecule has 1 aromatic rings. The van der Waals surface area contributed by atoms with Crippen LogP contribution in [-0.4, -0.2) is 22.9 Å². The van der Waals surface area contributed by atoms with E-state index in [1.165, 1.54) is 4.68 Å². The van der Waals surface area contributed by atoms with Gasteiger partial charge in [0.25, 0.3) is 0 Å². The van der Waals surface area contributed by atoms with Gasteiger partial charge in [-0.25, -0.2) is 4.68 Å². The number of rotatable bonds is 2. The summed E-state index contributed by atoms with van der Waals surface area (Å²) in [5.74, 6) is 0.426. The molecular formula is C10H15F3N4. The van der Waals surface area contributed by atoms with Crippen molar-refractivity contribution >= 4 is 5.82 Å². The van der Waals surface area contributed by atoms with E-state index in [2.05, 4.69) is 10.4 Å². The van der Waals surface area contributed by atoms with Crippen LogP contribution in [0.4, 0.5) is 19.0 Å². The smallest absolute Gasteiger partial charge is 0.384 e. The van der Waals surface area contributed by atoms with Gasteiger partial charge in [0.05, 0.1) is 0 Å². The van der Waals surface area contributed by atoms with Gasteiger partial charge in [-0.2, -0.15) is 18.3 Å². The number of piperidine rings is 1. The second-order valence-electron chi connectivity index (χ2n) is 4.33. The molecule has 2 rings (SSSR count). The van der Waals surface area contributed by atoms with Crippen molar-refractivity contribution in [3.05, 3.63) is 11.8 Å². The normalized spacial score (nSPS) is 18.5. The monoisotopic (exact) mass is 248 g/mol. The van der Waals surface area contributed by atoms with Crippen molar-refractivity contribution in [2.75, 3.05) is 18.8 Å². The highest BCUT2D eigenvalue weighted by molar-refractivity contribution is 5.32. The lowest BCUT2D eigenvalue weighted by molar-refractivity contribution is -0.141. The summed E-state index contributed by atoms with van der Waals surface area (Å²) < 4.78 is 38.5. The van der Waals surface area contributed by atoms with Gasteiger partial charge in [-0.15, -0.1) is 0 Å². The first kappa shape index (κ1) is 12.2. The van der Waals surface area contributed by atoms with Crippen molar-refractivity contribution in [3.8, 4) is 0 Å². The molecular weight excluding hydrogens is 233 g/mol. The molecule has 0 spiro atoms. The van der Waals surface area contributed by atoms with Crippen molar-refractivity contribution in [1.29, 1.82) is 0 Å². The SMILES string of the molecule is Nc1cc(C(F)(F)F)nn1CC1CCNCC1. The minimum absolute atomic E-state index is 0.0795. The third kappa shape index (κ3) is 2.91. The molecule has 0 atom stereocenters. The third-order valence-electron chi connectivity index (χ3n) is 2.99. The molecule has 0 saturated carbocycles. The lowest BCUT2D eigenvalue weighted by Crippen LogP contribution is -2.30. The topological polar surface area (TPSA) is 55.9 Å². The first-order valence-electron chi connectivity index (χ1n) is 5.58. The molecule has 4 nitrogen and oxygen atoms in total. The molecule has 1 aliphatic heterocycles. The molecule has 0 unspecified atom stereocenters. The molecule has 17 heavy (non-hydrogen) atoms. The Morgan fingerprint density at radius 1 is 1.41 bits per heavy atom. The number of nitrogens with one attached hydrogen (secondary N) is 1. The van der Waals surface area contributed by atoms with Gasteiger partial charge in [0.1, 0.15) is 5.82 Å². The van der Waals surface area contributed by atoms with Crippen LogP contribution >= 0.6 is 0 Å². The summed E-state index contributed by atoms with van der Waals surface area (Å²) in [4.78, 5) is 0. The van der Waals surface area contributed by atoms with E-state index in [1.54, 1.807) is 0 Å². The number of alkyl halides is 3. The fourth-order valence-corrected chi connectivity index (χ4v) is 2.02. The van der Waals surface area contributed by atoms with Gasteiger partial charge in [0, 0.05) is 12.6 Å². The summed E-state index contributed by atoms with van der Waals surface area (Å²) in [5, 5.41) is 6.73. The molecule has 2 heterocycles. The van der Waals surface area contributed by atoms with Crippen LogP contribution in [0.25, 0.3) is 0 Å². The molecule has 0 aromatic carbocycles. The molecule has 3 N–H and O–H groups in total. The zero-order valence-corrected chi connectivity index (χ0v) is 9.30. The molecule has 1 aliphatic rings. The highest BCUT2D eigenvalue weighted by Crippen LogP contribution is 2.29. The van der Waals surface area contributed by atoms with Crippen molar-refractivity contribution in [2.24, 2.45) is 5.92 Å². The number of anilines is 1. The third-order valence-corrected chi connectivity index (χ3v) is 2.99. The number of nitrogens with two attached hydrogens (primary N) is 1. The maximum absolute atomic E-state index is 12.4. The van der Waals surface area contributed by atoms with E-state index in [0.29, 0.717) is 12.5 Å². The van der Waals surface area contributed by atoms with Crippen LogP contribution in [0, 0.1) is 5.92 Å². The van der Waals surface area contributed by atoms with Gasteiger partial charge in [0.15, 0.2) is 5.69 Å². The van der Waals surface area contributed by atoms with Crippen LogP contribution in [0.1, 0.15) is 18.5 Å². The zero-order chi connectivity index (χ0) is 12.5. The van der Waals surface area contributed by atoms with Gasteiger partial charge >= 0.3 is 6.18 Å². The summed E-state index contributed by atoms with van der Waals surface area (Å²) in [7, 11) is 0. The Bertz CT molecular complexity index is 379. The number of aromatic nitrogens is 2. The minimum atomic E-state index is -4.42. The maximum Gasteiger partial charge on any atom is 0.435 e. The quantitative estimate of drug-likeness (QED) is 0.833. The second-order valence-corrected chi connectivity index (χ2v) is 4.33. The highest BCUT2D eigenvalue weighted by atomic mass is 19.4. The second kappa shape index (κ2) is 4.56. The van der Waals surface area contributed by atoms with Gasteiger partial charge in [0.2, 0.25) is 0 Å². The van der Waals surface area contributed by atoms with Crippen LogP contribution in [0.15, 0.2) is 6.07 Å². The van der Waals surface area contributed by atoms with E-state index in [1.807, 2.05) is 0 Å². The summed E-state index contributed by atoms with van der Waals surface area (Å²) in [6.45, 7) is 2.26. The molecule has 1 saturated heterocycles. The van der Waals surface area contributed by atoms with E-state index >= 15 is 0 Å². The van der Waals surface area contributed by atoms with Crippen LogP contribution in [0.5, 0.6) is 0 Å². The van der Waals surface area contributed by atoms with Gasteiger partial charge in [-0.3, -0.25) is 0 Å². The van der Waals surface area contributed by atoms with E-state index < -0.39 is 11.9 Å². The van der Waals surface area contributed by atoms with Gasteiger partial charge < -0.3 is 11.1 Å². The fourth-order valence-electron chi connectivity index (χ4n) is 2.02. The zero-order valence-electron chi connectivity index (χ0n) is 9.30. The minimum Gasteiger partial charge on any atom is -0.384 e. The summed E-state index contributed by atoms with van der Waals surface area (Å²) in [5.41, 5.74) is 4.63. The number of hydrogen-bond acceptors (Lipinski definition) is 3. The Balaban J connectivity index is 2.07. The van der Waals surface area contributed by atoms with E-state index in [9.17, 15) is 13.2 Å². The predicted octanol–water partition coefficient (Wildman–Crippen LogP) is 1.48. The molecule has 0 aliphatic carbocycles. The number of halogens is 3. The molecule has 0 amide bonds. The number of hydrogen-bond donors (Lipinski definition) is 2. The van der Waals surface area contributed by atoms with E-state index in [-0.39, 0.29) is 5.82 Å². The first-order chi connectivity index (χ1) is 7.97. The van der Waals surface area contributed by atoms with E-state index in [4.69, 9.17) is 5.73 Å². The largest absolute Gasteiger partial charge is 0.435 e.